The van der Waals surface area contributed by atoms with E-state index in [1.54, 1.807) is 7.11 Å². The quantitative estimate of drug-likeness (QED) is 0.395. The van der Waals surface area contributed by atoms with Gasteiger partial charge in [-0.25, -0.2) is 0 Å². The van der Waals surface area contributed by atoms with E-state index in [0.29, 0.717) is 16.6 Å². The Morgan fingerprint density at radius 1 is 1.14 bits per heavy atom. The fourth-order valence-electron chi connectivity index (χ4n) is 5.03. The summed E-state index contributed by atoms with van der Waals surface area (Å²) in [7, 11) is 1.62. The van der Waals surface area contributed by atoms with Gasteiger partial charge in [-0.05, 0) is 87.1 Å². The van der Waals surface area contributed by atoms with Crippen LogP contribution in [0.3, 0.4) is 0 Å². The Hall–Kier alpha value is -3.10. The van der Waals surface area contributed by atoms with Gasteiger partial charge in [0.05, 0.1) is 13.2 Å². The van der Waals surface area contributed by atoms with Crippen LogP contribution >= 0.6 is 28.1 Å². The maximum absolute atomic E-state index is 14.0. The van der Waals surface area contributed by atoms with Crippen LogP contribution in [0.1, 0.15) is 29.7 Å². The predicted molar refractivity (Wildman–Crippen MR) is 145 cm³/mol. The third-order valence-corrected chi connectivity index (χ3v) is 7.54. The van der Waals surface area contributed by atoms with Gasteiger partial charge in [0.1, 0.15) is 17.4 Å². The number of anilines is 2. The van der Waals surface area contributed by atoms with E-state index < -0.39 is 17.7 Å². The molecule has 3 aromatic rings. The van der Waals surface area contributed by atoms with E-state index in [0.717, 1.165) is 32.5 Å². The second-order valence-corrected chi connectivity index (χ2v) is 10.4. The average molecular weight is 552 g/mol. The number of hydrogen-bond donors (Lipinski definition) is 2. The second kappa shape index (κ2) is 8.84. The number of nitrogens with zero attached hydrogens (tertiary/aromatic N) is 1. The molecular weight excluding hydrogens is 526 g/mol. The molecule has 0 unspecified atom stereocenters. The largest absolute Gasteiger partial charge is 0.497 e. The van der Waals surface area contributed by atoms with Crippen LogP contribution in [0.25, 0.3) is 0 Å². The topological polar surface area (TPSA) is 62.8 Å². The average Bonchev–Trinajstić information content (AvgIpc) is 2.81. The number of carbonyl (C=O) groups is 1. The third kappa shape index (κ3) is 4.04. The number of hydrogen-bond acceptors (Lipinski definition) is 4. The van der Waals surface area contributed by atoms with Crippen molar-refractivity contribution in [1.82, 2.24) is 5.32 Å². The number of carbonyl (C=O) groups excluding carboxylic acids is 1. The smallest absolute Gasteiger partial charge is 0.236 e. The minimum absolute atomic E-state index is 0.157. The number of ether oxygens (including phenoxy) is 2. The second-order valence-electron chi connectivity index (χ2n) is 9.08. The Morgan fingerprint density at radius 2 is 1.89 bits per heavy atom. The molecule has 180 valence electrons. The van der Waals surface area contributed by atoms with Gasteiger partial charge in [-0.2, -0.15) is 0 Å². The van der Waals surface area contributed by atoms with Gasteiger partial charge in [0, 0.05) is 21.4 Å². The van der Waals surface area contributed by atoms with Crippen molar-refractivity contribution in [2.24, 2.45) is 5.92 Å². The Kier molecular flexibility index (Phi) is 5.97. The minimum Gasteiger partial charge on any atom is -0.497 e. The summed E-state index contributed by atoms with van der Waals surface area (Å²) < 4.78 is 13.1. The molecule has 0 radical (unpaired) electrons. The molecule has 6 nitrogen and oxygen atoms in total. The number of thiocarbonyl (C=S) groups is 1. The molecule has 2 bridgehead atoms. The lowest BCUT2D eigenvalue weighted by Crippen LogP contribution is -2.72. The van der Waals surface area contributed by atoms with Crippen LogP contribution in [-0.4, -0.2) is 23.9 Å². The van der Waals surface area contributed by atoms with Crippen molar-refractivity contribution < 1.29 is 14.3 Å². The number of aryl methyl sites for hydroxylation is 2. The van der Waals surface area contributed by atoms with E-state index in [-0.39, 0.29) is 5.91 Å². The Morgan fingerprint density at radius 3 is 2.57 bits per heavy atom. The molecule has 2 heterocycles. The summed E-state index contributed by atoms with van der Waals surface area (Å²) in [4.78, 5) is 15.9. The zero-order valence-corrected chi connectivity index (χ0v) is 22.3. The van der Waals surface area contributed by atoms with Gasteiger partial charge in [0.2, 0.25) is 5.91 Å². The molecule has 0 saturated carbocycles. The van der Waals surface area contributed by atoms with Crippen LogP contribution in [0.4, 0.5) is 11.4 Å². The number of nitrogens with one attached hydrogen (secondary N) is 2. The Balaban J connectivity index is 1.63. The fraction of sp³-hybridized carbons (Fsp3) is 0.259. The maximum Gasteiger partial charge on any atom is 0.236 e. The lowest BCUT2D eigenvalue weighted by atomic mass is 9.78. The summed E-state index contributed by atoms with van der Waals surface area (Å²) in [6, 6.07) is 19.0. The maximum atomic E-state index is 14.0. The molecule has 1 fully saturated rings. The van der Waals surface area contributed by atoms with Crippen LogP contribution in [0.5, 0.6) is 11.5 Å². The summed E-state index contributed by atoms with van der Waals surface area (Å²) in [6.07, 6.45) is 0. The van der Waals surface area contributed by atoms with Crippen LogP contribution in [-0.2, 0) is 4.79 Å². The van der Waals surface area contributed by atoms with Crippen molar-refractivity contribution in [2.75, 3.05) is 17.3 Å². The molecule has 0 spiro atoms. The number of halogens is 1. The van der Waals surface area contributed by atoms with Crippen LogP contribution in [0, 0.1) is 19.8 Å². The molecule has 8 heteroatoms. The van der Waals surface area contributed by atoms with Gasteiger partial charge in [-0.1, -0.05) is 33.6 Å². The van der Waals surface area contributed by atoms with Gasteiger partial charge in [0.15, 0.2) is 10.8 Å². The zero-order valence-electron chi connectivity index (χ0n) is 19.9. The Labute approximate surface area is 218 Å². The normalized spacial score (nSPS) is 22.5. The molecule has 2 N–H and O–H groups in total. The highest BCUT2D eigenvalue weighted by atomic mass is 79.9. The summed E-state index contributed by atoms with van der Waals surface area (Å²) in [6.45, 7) is 5.95. The number of benzene rings is 3. The van der Waals surface area contributed by atoms with E-state index in [2.05, 4.69) is 32.6 Å². The van der Waals surface area contributed by atoms with Crippen molar-refractivity contribution in [2.45, 2.75) is 32.5 Å². The van der Waals surface area contributed by atoms with Gasteiger partial charge in [-0.3, -0.25) is 9.69 Å². The van der Waals surface area contributed by atoms with E-state index in [4.69, 9.17) is 21.7 Å². The van der Waals surface area contributed by atoms with E-state index in [1.165, 1.54) is 0 Å². The minimum atomic E-state index is -1.08. The third-order valence-electron chi connectivity index (χ3n) is 6.71. The number of amides is 1. The van der Waals surface area contributed by atoms with Gasteiger partial charge in [-0.15, -0.1) is 0 Å². The van der Waals surface area contributed by atoms with E-state index >= 15 is 0 Å². The molecule has 3 atom stereocenters. The molecule has 0 aliphatic carbocycles. The molecule has 2 aliphatic heterocycles. The first-order valence-electron chi connectivity index (χ1n) is 11.3. The van der Waals surface area contributed by atoms with Gasteiger partial charge < -0.3 is 20.1 Å². The molecule has 2 aliphatic rings. The summed E-state index contributed by atoms with van der Waals surface area (Å²) in [5.74, 6) is 0.590. The molecule has 0 aromatic heterocycles. The monoisotopic (exact) mass is 551 g/mol. The lowest BCUT2D eigenvalue weighted by molar-refractivity contribution is -0.130. The molecule has 5 rings (SSSR count). The summed E-state index contributed by atoms with van der Waals surface area (Å²) >= 11 is 9.32. The molecule has 1 amide bonds. The molecule has 1 saturated heterocycles. The van der Waals surface area contributed by atoms with Crippen molar-refractivity contribution in [3.05, 3.63) is 81.8 Å². The highest BCUT2D eigenvalue weighted by molar-refractivity contribution is 9.10. The standard InChI is InChI=1S/C27H26BrN3O3S/c1-15-5-11-21(16(2)13-15)29-25(32)23-24-20-14-19(33-4)10-12-22(20)34-27(23,3)31(26(35)30-24)18-8-6-17(28)7-9-18/h5-14,23-24H,1-4H3,(H,29,32)(H,30,35)/t23-,24+,27+/m1/s1. The van der Waals surface area contributed by atoms with Crippen LogP contribution < -0.4 is 25.0 Å². The van der Waals surface area contributed by atoms with E-state index in [9.17, 15) is 4.79 Å². The van der Waals surface area contributed by atoms with Crippen molar-refractivity contribution >= 4 is 50.5 Å². The number of methoxy groups -OCH3 is 1. The zero-order chi connectivity index (χ0) is 24.9. The fourth-order valence-corrected chi connectivity index (χ4v) is 5.71. The summed E-state index contributed by atoms with van der Waals surface area (Å²) in [5.41, 5.74) is 3.50. The Bertz CT molecular complexity index is 1330. The molecular formula is C27H26BrN3O3S. The van der Waals surface area contributed by atoms with Crippen molar-refractivity contribution in [1.29, 1.82) is 0 Å². The van der Waals surface area contributed by atoms with Crippen molar-refractivity contribution in [3.63, 3.8) is 0 Å². The van der Waals surface area contributed by atoms with Crippen LogP contribution in [0.2, 0.25) is 0 Å². The van der Waals surface area contributed by atoms with Gasteiger partial charge >= 0.3 is 0 Å². The first-order valence-corrected chi connectivity index (χ1v) is 12.5. The lowest BCUT2D eigenvalue weighted by Gasteiger charge is -2.56. The molecule has 35 heavy (non-hydrogen) atoms. The predicted octanol–water partition coefficient (Wildman–Crippen LogP) is 5.87. The number of fused-ring (bicyclic) bond motifs is 4. The summed E-state index contributed by atoms with van der Waals surface area (Å²) in [5, 5.41) is 7.07. The van der Waals surface area contributed by atoms with Crippen LogP contribution in [0.15, 0.2) is 65.1 Å². The van der Waals surface area contributed by atoms with Crippen molar-refractivity contribution in [3.8, 4) is 11.5 Å². The first-order chi connectivity index (χ1) is 16.7. The van der Waals surface area contributed by atoms with Gasteiger partial charge in [0.25, 0.3) is 0 Å². The SMILES string of the molecule is COc1ccc2c(c1)[C@@H]1NC(=S)N(c3ccc(Br)cc3)[C@@](C)(O2)[C@H]1C(=O)Nc1ccc(C)cc1C. The molecule has 3 aromatic carbocycles. The highest BCUT2D eigenvalue weighted by Gasteiger charge is 2.59. The number of rotatable bonds is 4. The first kappa shape index (κ1) is 23.6. The van der Waals surface area contributed by atoms with E-state index in [1.807, 2.05) is 80.3 Å². The highest BCUT2D eigenvalue weighted by Crippen LogP contribution is 2.50.